The van der Waals surface area contributed by atoms with Crippen molar-refractivity contribution in [3.8, 4) is 0 Å². The van der Waals surface area contributed by atoms with E-state index in [1.54, 1.807) is 23.1 Å². The predicted octanol–water partition coefficient (Wildman–Crippen LogP) is 4.79. The average Bonchev–Trinajstić information content (AvgIpc) is 3.19. The minimum absolute atomic E-state index is 0.138. The summed E-state index contributed by atoms with van der Waals surface area (Å²) in [6, 6.07) is 14.7. The molecule has 164 valence electrons. The summed E-state index contributed by atoms with van der Waals surface area (Å²) in [5, 5.41) is 4.17. The first kappa shape index (κ1) is 22.6. The standard InChI is InChI=1S/C23H27BrN4OS2/c1-17-2-5-19(6-3-17)30-15-8-22(29)25-9-10-27-11-13-28(14-12-27)23-26-20-7-4-18(24)16-21(20)31-23/h2-7,16H,8-15H2,1H3,(H,25,29). The molecule has 1 fully saturated rings. The van der Waals surface area contributed by atoms with Gasteiger partial charge in [-0.15, -0.1) is 11.8 Å². The van der Waals surface area contributed by atoms with Gasteiger partial charge in [0.05, 0.1) is 10.2 Å². The van der Waals surface area contributed by atoms with Gasteiger partial charge in [-0.05, 0) is 37.3 Å². The maximum atomic E-state index is 12.1. The lowest BCUT2D eigenvalue weighted by atomic mass is 10.2. The molecule has 1 aliphatic heterocycles. The van der Waals surface area contributed by atoms with Gasteiger partial charge in [0, 0.05) is 60.8 Å². The van der Waals surface area contributed by atoms with E-state index < -0.39 is 0 Å². The number of nitrogens with one attached hydrogen (secondary N) is 1. The van der Waals surface area contributed by atoms with E-state index in [1.165, 1.54) is 15.2 Å². The zero-order chi connectivity index (χ0) is 21.6. The van der Waals surface area contributed by atoms with Crippen molar-refractivity contribution >= 4 is 60.3 Å². The third kappa shape index (κ3) is 6.44. The van der Waals surface area contributed by atoms with Crippen molar-refractivity contribution in [2.45, 2.75) is 18.2 Å². The molecule has 0 saturated carbocycles. The second-order valence-electron chi connectivity index (χ2n) is 7.70. The Balaban J connectivity index is 1.13. The van der Waals surface area contributed by atoms with E-state index in [4.69, 9.17) is 4.98 Å². The number of anilines is 1. The number of aryl methyl sites for hydroxylation is 1. The van der Waals surface area contributed by atoms with Crippen LogP contribution < -0.4 is 10.2 Å². The van der Waals surface area contributed by atoms with E-state index in [0.29, 0.717) is 13.0 Å². The van der Waals surface area contributed by atoms with E-state index in [1.807, 2.05) is 6.07 Å². The van der Waals surface area contributed by atoms with Gasteiger partial charge in [-0.1, -0.05) is 45.0 Å². The molecule has 1 amide bonds. The molecule has 0 bridgehead atoms. The number of nitrogens with zero attached hydrogens (tertiary/aromatic N) is 3. The number of carbonyl (C=O) groups is 1. The molecule has 0 radical (unpaired) electrons. The smallest absolute Gasteiger partial charge is 0.220 e. The molecule has 0 spiro atoms. The molecule has 3 aromatic rings. The fourth-order valence-electron chi connectivity index (χ4n) is 3.52. The van der Waals surface area contributed by atoms with Crippen LogP contribution in [0.15, 0.2) is 51.8 Å². The molecule has 2 aromatic carbocycles. The van der Waals surface area contributed by atoms with E-state index in [2.05, 4.69) is 74.4 Å². The largest absolute Gasteiger partial charge is 0.355 e. The summed E-state index contributed by atoms with van der Waals surface area (Å²) in [4.78, 5) is 22.9. The first-order chi connectivity index (χ1) is 15.1. The highest BCUT2D eigenvalue weighted by atomic mass is 79.9. The van der Waals surface area contributed by atoms with E-state index >= 15 is 0 Å². The zero-order valence-corrected chi connectivity index (χ0v) is 20.9. The lowest BCUT2D eigenvalue weighted by Gasteiger charge is -2.34. The van der Waals surface area contributed by atoms with Crippen molar-refractivity contribution in [1.29, 1.82) is 0 Å². The molecule has 0 aliphatic carbocycles. The second kappa shape index (κ2) is 10.8. The lowest BCUT2D eigenvalue weighted by molar-refractivity contribution is -0.120. The molecule has 31 heavy (non-hydrogen) atoms. The van der Waals surface area contributed by atoms with Crippen molar-refractivity contribution in [2.24, 2.45) is 0 Å². The van der Waals surface area contributed by atoms with Gasteiger partial charge in [0.15, 0.2) is 5.13 Å². The van der Waals surface area contributed by atoms with Gasteiger partial charge >= 0.3 is 0 Å². The van der Waals surface area contributed by atoms with Gasteiger partial charge in [0.1, 0.15) is 0 Å². The van der Waals surface area contributed by atoms with Crippen LogP contribution in [0.25, 0.3) is 10.2 Å². The summed E-state index contributed by atoms with van der Waals surface area (Å²) < 4.78 is 2.31. The van der Waals surface area contributed by atoms with Crippen LogP contribution in [0.2, 0.25) is 0 Å². The number of piperazine rings is 1. The number of benzene rings is 2. The van der Waals surface area contributed by atoms with Gasteiger partial charge < -0.3 is 10.2 Å². The first-order valence-electron chi connectivity index (χ1n) is 10.6. The van der Waals surface area contributed by atoms with Crippen LogP contribution >= 0.6 is 39.0 Å². The van der Waals surface area contributed by atoms with Crippen LogP contribution in [0.1, 0.15) is 12.0 Å². The number of halogens is 1. The molecule has 4 rings (SSSR count). The Morgan fingerprint density at radius 3 is 2.71 bits per heavy atom. The third-order valence-electron chi connectivity index (χ3n) is 5.35. The van der Waals surface area contributed by atoms with Crippen molar-refractivity contribution in [3.05, 3.63) is 52.5 Å². The molecule has 1 saturated heterocycles. The van der Waals surface area contributed by atoms with Gasteiger partial charge in [-0.2, -0.15) is 0 Å². The minimum atomic E-state index is 0.138. The molecule has 5 nitrogen and oxygen atoms in total. The van der Waals surface area contributed by atoms with Crippen LogP contribution in [-0.2, 0) is 4.79 Å². The van der Waals surface area contributed by atoms with Crippen LogP contribution in [0.4, 0.5) is 5.13 Å². The highest BCUT2D eigenvalue weighted by molar-refractivity contribution is 9.10. The molecule has 1 aliphatic rings. The summed E-state index contributed by atoms with van der Waals surface area (Å²) in [5.41, 5.74) is 2.32. The number of thiazole rings is 1. The average molecular weight is 520 g/mol. The number of rotatable bonds is 8. The molecule has 1 N–H and O–H groups in total. The summed E-state index contributed by atoms with van der Waals surface area (Å²) in [7, 11) is 0. The predicted molar refractivity (Wildman–Crippen MR) is 136 cm³/mol. The summed E-state index contributed by atoms with van der Waals surface area (Å²) >= 11 is 7.02. The van der Waals surface area contributed by atoms with E-state index in [-0.39, 0.29) is 5.91 Å². The molecular weight excluding hydrogens is 492 g/mol. The molecule has 1 aromatic heterocycles. The van der Waals surface area contributed by atoms with E-state index in [0.717, 1.165) is 53.6 Å². The quantitative estimate of drug-likeness (QED) is 0.434. The van der Waals surface area contributed by atoms with Gasteiger partial charge in [-0.3, -0.25) is 9.69 Å². The van der Waals surface area contributed by atoms with Gasteiger partial charge in [0.2, 0.25) is 5.91 Å². The number of hydrogen-bond acceptors (Lipinski definition) is 6. The van der Waals surface area contributed by atoms with Crippen molar-refractivity contribution in [1.82, 2.24) is 15.2 Å². The Labute approximate surface area is 200 Å². The molecular formula is C23H27BrN4OS2. The van der Waals surface area contributed by atoms with Crippen molar-refractivity contribution in [3.63, 3.8) is 0 Å². The Bertz CT molecular complexity index is 1020. The maximum absolute atomic E-state index is 12.1. The molecule has 0 atom stereocenters. The summed E-state index contributed by atoms with van der Waals surface area (Å²) in [6.07, 6.45) is 0.556. The number of carbonyl (C=O) groups excluding carboxylic acids is 1. The fraction of sp³-hybridized carbons (Fsp3) is 0.391. The summed E-state index contributed by atoms with van der Waals surface area (Å²) in [5.74, 6) is 0.950. The lowest BCUT2D eigenvalue weighted by Crippen LogP contribution is -2.48. The number of aromatic nitrogens is 1. The monoisotopic (exact) mass is 518 g/mol. The topological polar surface area (TPSA) is 48.5 Å². The number of hydrogen-bond donors (Lipinski definition) is 1. The van der Waals surface area contributed by atoms with Crippen molar-refractivity contribution < 1.29 is 4.79 Å². The SMILES string of the molecule is Cc1ccc(SCCC(=O)NCCN2CCN(c3nc4ccc(Br)cc4s3)CC2)cc1. The Morgan fingerprint density at radius 2 is 1.94 bits per heavy atom. The van der Waals surface area contributed by atoms with Crippen LogP contribution in [-0.4, -0.2) is 60.8 Å². The zero-order valence-electron chi connectivity index (χ0n) is 17.6. The molecule has 2 heterocycles. The van der Waals surface area contributed by atoms with Crippen molar-refractivity contribution in [2.75, 3.05) is 49.9 Å². The normalized spacial score (nSPS) is 14.8. The number of thioether (sulfide) groups is 1. The van der Waals surface area contributed by atoms with Crippen LogP contribution in [0.3, 0.4) is 0 Å². The van der Waals surface area contributed by atoms with E-state index in [9.17, 15) is 4.79 Å². The Kier molecular flexibility index (Phi) is 7.87. The number of fused-ring (bicyclic) bond motifs is 1. The van der Waals surface area contributed by atoms with Gasteiger partial charge in [-0.25, -0.2) is 4.98 Å². The Morgan fingerprint density at radius 1 is 1.16 bits per heavy atom. The molecule has 0 unspecified atom stereocenters. The Hall–Kier alpha value is -1.61. The van der Waals surface area contributed by atoms with Crippen LogP contribution in [0, 0.1) is 6.92 Å². The summed E-state index contributed by atoms with van der Waals surface area (Å²) in [6.45, 7) is 7.64. The first-order valence-corrected chi connectivity index (χ1v) is 13.2. The second-order valence-corrected chi connectivity index (χ2v) is 10.8. The fourth-order valence-corrected chi connectivity index (χ4v) is 5.94. The van der Waals surface area contributed by atoms with Crippen LogP contribution in [0.5, 0.6) is 0 Å². The third-order valence-corrected chi connectivity index (χ3v) is 7.94. The molecule has 8 heteroatoms. The maximum Gasteiger partial charge on any atom is 0.220 e. The number of amides is 1. The highest BCUT2D eigenvalue weighted by Gasteiger charge is 2.19. The van der Waals surface area contributed by atoms with Gasteiger partial charge in [0.25, 0.3) is 0 Å². The highest BCUT2D eigenvalue weighted by Crippen LogP contribution is 2.31. The minimum Gasteiger partial charge on any atom is -0.355 e.